The largest absolute Gasteiger partial charge is 0.439 e. The van der Waals surface area contributed by atoms with Crippen LogP contribution in [0.5, 0.6) is 11.6 Å². The van der Waals surface area contributed by atoms with Gasteiger partial charge in [-0.2, -0.15) is 0 Å². The van der Waals surface area contributed by atoms with Crippen molar-refractivity contribution >= 4 is 38.4 Å². The summed E-state index contributed by atoms with van der Waals surface area (Å²) in [5.74, 6) is 1.05. The molecule has 6 heteroatoms. The van der Waals surface area contributed by atoms with Crippen LogP contribution in [0.25, 0.3) is 10.9 Å². The van der Waals surface area contributed by atoms with Crippen molar-refractivity contribution in [2.75, 3.05) is 5.32 Å². The van der Waals surface area contributed by atoms with Crippen LogP contribution < -0.4 is 10.1 Å². The number of hydrogen-bond acceptors (Lipinski definition) is 3. The molecule has 5 nitrogen and oxygen atoms in total. The second-order valence-corrected chi connectivity index (χ2v) is 6.94. The van der Waals surface area contributed by atoms with Crippen molar-refractivity contribution in [2.45, 2.75) is 6.42 Å². The fraction of sp³-hybridized carbons (Fsp3) is 0.0476. The molecule has 1 amide bonds. The number of benzene rings is 2. The number of fused-ring (bicyclic) bond motifs is 1. The Bertz CT molecular complexity index is 1090. The Morgan fingerprint density at radius 3 is 2.81 bits per heavy atom. The molecule has 2 N–H and O–H groups in total. The number of amides is 1. The number of hydrogen-bond donors (Lipinski definition) is 2. The number of ether oxygens (including phenoxy) is 1. The second kappa shape index (κ2) is 7.63. The summed E-state index contributed by atoms with van der Waals surface area (Å²) in [6.45, 7) is 0. The first kappa shape index (κ1) is 17.3. The van der Waals surface area contributed by atoms with Gasteiger partial charge in [-0.15, -0.1) is 0 Å². The zero-order valence-electron chi connectivity index (χ0n) is 14.3. The van der Waals surface area contributed by atoms with E-state index in [1.165, 1.54) is 0 Å². The van der Waals surface area contributed by atoms with Crippen molar-refractivity contribution in [3.63, 3.8) is 0 Å². The van der Waals surface area contributed by atoms with Gasteiger partial charge in [0.1, 0.15) is 5.75 Å². The van der Waals surface area contributed by atoms with Crippen molar-refractivity contribution in [1.82, 2.24) is 9.97 Å². The first-order chi connectivity index (χ1) is 13.2. The van der Waals surface area contributed by atoms with Gasteiger partial charge in [0.05, 0.1) is 18.3 Å². The number of aromatic amines is 1. The highest BCUT2D eigenvalue weighted by Crippen LogP contribution is 2.24. The molecule has 0 aliphatic rings. The van der Waals surface area contributed by atoms with Gasteiger partial charge in [0.2, 0.25) is 11.8 Å². The third-order valence-electron chi connectivity index (χ3n) is 4.06. The summed E-state index contributed by atoms with van der Waals surface area (Å²) >= 11 is 3.40. The van der Waals surface area contributed by atoms with E-state index in [1.54, 1.807) is 18.3 Å². The first-order valence-electron chi connectivity index (χ1n) is 8.42. The van der Waals surface area contributed by atoms with Gasteiger partial charge < -0.3 is 15.0 Å². The van der Waals surface area contributed by atoms with Gasteiger partial charge in [-0.05, 0) is 35.9 Å². The minimum Gasteiger partial charge on any atom is -0.439 e. The Hall–Kier alpha value is -3.12. The van der Waals surface area contributed by atoms with E-state index in [4.69, 9.17) is 4.74 Å². The van der Waals surface area contributed by atoms with Crippen LogP contribution in [-0.2, 0) is 11.2 Å². The highest BCUT2D eigenvalue weighted by molar-refractivity contribution is 9.10. The molecule has 0 saturated heterocycles. The topological polar surface area (TPSA) is 67.0 Å². The molecule has 0 spiro atoms. The number of nitrogens with zero attached hydrogens (tertiary/aromatic N) is 1. The third-order valence-corrected chi connectivity index (χ3v) is 4.56. The van der Waals surface area contributed by atoms with Crippen LogP contribution >= 0.6 is 15.9 Å². The fourth-order valence-corrected chi connectivity index (χ4v) is 3.20. The average Bonchev–Trinajstić information content (AvgIpc) is 3.06. The van der Waals surface area contributed by atoms with E-state index >= 15 is 0 Å². The monoisotopic (exact) mass is 421 g/mol. The lowest BCUT2D eigenvalue weighted by atomic mass is 10.1. The van der Waals surface area contributed by atoms with Crippen molar-refractivity contribution in [3.8, 4) is 11.6 Å². The number of rotatable bonds is 5. The Balaban J connectivity index is 1.40. The van der Waals surface area contributed by atoms with E-state index in [0.29, 0.717) is 23.7 Å². The Morgan fingerprint density at radius 2 is 2.00 bits per heavy atom. The van der Waals surface area contributed by atoms with Gasteiger partial charge in [0.25, 0.3) is 0 Å². The minimum absolute atomic E-state index is 0.0952. The van der Waals surface area contributed by atoms with Crippen LogP contribution in [0, 0.1) is 0 Å². The number of H-pyrrole nitrogens is 1. The van der Waals surface area contributed by atoms with Crippen LogP contribution in [0.2, 0.25) is 0 Å². The average molecular weight is 422 g/mol. The van der Waals surface area contributed by atoms with Gasteiger partial charge in [-0.1, -0.05) is 40.2 Å². The molecule has 2 aromatic heterocycles. The maximum atomic E-state index is 12.3. The molecule has 0 radical (unpaired) electrons. The Kier molecular flexibility index (Phi) is 4.89. The minimum atomic E-state index is -0.0952. The smallest absolute Gasteiger partial charge is 0.228 e. The Morgan fingerprint density at radius 1 is 1.11 bits per heavy atom. The number of pyridine rings is 1. The van der Waals surface area contributed by atoms with Crippen LogP contribution in [-0.4, -0.2) is 15.9 Å². The summed E-state index contributed by atoms with van der Waals surface area (Å²) in [5.41, 5.74) is 2.61. The standard InChI is InChI=1S/C21H16BrN3O2/c22-15-4-3-5-17(11-15)27-21-9-8-16(13-24-21)25-20(26)10-14-12-23-19-7-2-1-6-18(14)19/h1-9,11-13,23H,10H2,(H,25,26). The third kappa shape index (κ3) is 4.17. The summed E-state index contributed by atoms with van der Waals surface area (Å²) in [6.07, 6.45) is 3.75. The highest BCUT2D eigenvalue weighted by atomic mass is 79.9. The molecule has 0 saturated carbocycles. The van der Waals surface area contributed by atoms with E-state index in [-0.39, 0.29) is 5.91 Å². The normalized spacial score (nSPS) is 10.7. The fourth-order valence-electron chi connectivity index (χ4n) is 2.82. The van der Waals surface area contributed by atoms with Gasteiger partial charge in [0.15, 0.2) is 0 Å². The molecule has 4 aromatic rings. The zero-order valence-corrected chi connectivity index (χ0v) is 15.9. The van der Waals surface area contributed by atoms with Gasteiger partial charge in [-0.3, -0.25) is 4.79 Å². The summed E-state index contributed by atoms with van der Waals surface area (Å²) in [6, 6.07) is 18.9. The lowest BCUT2D eigenvalue weighted by Gasteiger charge is -2.07. The molecule has 134 valence electrons. The maximum Gasteiger partial charge on any atom is 0.228 e. The van der Waals surface area contributed by atoms with Crippen molar-refractivity contribution in [2.24, 2.45) is 0 Å². The van der Waals surface area contributed by atoms with Gasteiger partial charge in [-0.25, -0.2) is 4.98 Å². The number of nitrogens with one attached hydrogen (secondary N) is 2. The predicted molar refractivity (Wildman–Crippen MR) is 109 cm³/mol. The summed E-state index contributed by atoms with van der Waals surface area (Å²) < 4.78 is 6.63. The van der Waals surface area contributed by atoms with Crippen LogP contribution in [0.15, 0.2) is 77.5 Å². The number of carbonyl (C=O) groups is 1. The van der Waals surface area contributed by atoms with Gasteiger partial charge >= 0.3 is 0 Å². The van der Waals surface area contributed by atoms with Crippen LogP contribution in [0.1, 0.15) is 5.56 Å². The molecule has 2 aromatic carbocycles. The maximum absolute atomic E-state index is 12.3. The number of anilines is 1. The quantitative estimate of drug-likeness (QED) is 0.459. The molecule has 0 atom stereocenters. The van der Waals surface area contributed by atoms with Crippen molar-refractivity contribution < 1.29 is 9.53 Å². The summed E-state index contributed by atoms with van der Waals surface area (Å²) in [5, 5.41) is 3.93. The molecular weight excluding hydrogens is 406 g/mol. The van der Waals surface area contributed by atoms with Crippen molar-refractivity contribution in [1.29, 1.82) is 0 Å². The highest BCUT2D eigenvalue weighted by Gasteiger charge is 2.09. The molecule has 0 bridgehead atoms. The zero-order chi connectivity index (χ0) is 18.6. The van der Waals surface area contributed by atoms with Crippen LogP contribution in [0.3, 0.4) is 0 Å². The first-order valence-corrected chi connectivity index (χ1v) is 9.21. The molecular formula is C21H16BrN3O2. The molecule has 0 unspecified atom stereocenters. The van der Waals surface area contributed by atoms with E-state index < -0.39 is 0 Å². The predicted octanol–water partition coefficient (Wildman–Crippen LogP) is 5.30. The number of carbonyl (C=O) groups excluding carboxylic acids is 1. The summed E-state index contributed by atoms with van der Waals surface area (Å²) in [7, 11) is 0. The second-order valence-electron chi connectivity index (χ2n) is 6.03. The van der Waals surface area contributed by atoms with E-state index in [0.717, 1.165) is 20.9 Å². The molecule has 4 rings (SSSR count). The van der Waals surface area contributed by atoms with Crippen molar-refractivity contribution in [3.05, 3.63) is 83.1 Å². The number of halogens is 1. The molecule has 0 fully saturated rings. The van der Waals surface area contributed by atoms with E-state index in [1.807, 2.05) is 54.7 Å². The number of para-hydroxylation sites is 1. The van der Waals surface area contributed by atoms with E-state index in [2.05, 4.69) is 31.2 Å². The number of aromatic nitrogens is 2. The van der Waals surface area contributed by atoms with Crippen LogP contribution in [0.4, 0.5) is 5.69 Å². The molecule has 27 heavy (non-hydrogen) atoms. The molecule has 2 heterocycles. The molecule has 0 aliphatic heterocycles. The lowest BCUT2D eigenvalue weighted by Crippen LogP contribution is -2.14. The molecule has 0 aliphatic carbocycles. The Labute approximate surface area is 164 Å². The summed E-state index contributed by atoms with van der Waals surface area (Å²) in [4.78, 5) is 19.8. The SMILES string of the molecule is O=C(Cc1c[nH]c2ccccc12)Nc1ccc(Oc2cccc(Br)c2)nc1. The van der Waals surface area contributed by atoms with E-state index in [9.17, 15) is 4.79 Å². The van der Waals surface area contributed by atoms with Gasteiger partial charge in [0, 0.05) is 27.6 Å². The lowest BCUT2D eigenvalue weighted by molar-refractivity contribution is -0.115.